The molecule has 2 aromatic carbocycles. The van der Waals surface area contributed by atoms with Crippen molar-refractivity contribution in [3.63, 3.8) is 0 Å². The summed E-state index contributed by atoms with van der Waals surface area (Å²) in [5.74, 6) is 0. The molecule has 3 nitrogen and oxygen atoms in total. The Morgan fingerprint density at radius 2 is 1.87 bits per heavy atom. The molecule has 0 aliphatic carbocycles. The predicted molar refractivity (Wildman–Crippen MR) is 94.5 cm³/mol. The molecule has 1 heterocycles. The molecular weight excluding hydrogens is 282 g/mol. The number of aromatic nitrogens is 2. The Labute approximate surface area is 136 Å². The minimum atomic E-state index is 0.606. The van der Waals surface area contributed by atoms with Gasteiger partial charge in [-0.3, -0.25) is 9.97 Å². The minimum Gasteiger partial charge on any atom is -0.379 e. The van der Waals surface area contributed by atoms with Gasteiger partial charge >= 0.3 is 0 Å². The highest BCUT2D eigenvalue weighted by Crippen LogP contribution is 2.29. The molecule has 1 aromatic heterocycles. The molecule has 0 saturated heterocycles. The second-order valence-corrected chi connectivity index (χ2v) is 5.39. The minimum absolute atomic E-state index is 0.606. The fraction of sp³-hybridized carbons (Fsp3) is 0.100. The normalized spacial score (nSPS) is 10.3. The van der Waals surface area contributed by atoms with Crippen LogP contribution in [0, 0.1) is 6.92 Å². The lowest BCUT2D eigenvalue weighted by Gasteiger charge is -2.17. The zero-order chi connectivity index (χ0) is 16.1. The highest BCUT2D eigenvalue weighted by molar-refractivity contribution is 5.81. The Hall–Kier alpha value is -2.94. The van der Waals surface area contributed by atoms with Crippen molar-refractivity contribution in [2.45, 2.75) is 13.5 Å². The van der Waals surface area contributed by atoms with E-state index in [9.17, 15) is 0 Å². The molecule has 0 fully saturated rings. The van der Waals surface area contributed by atoms with Crippen LogP contribution in [-0.2, 0) is 6.54 Å². The van der Waals surface area contributed by atoms with Crippen LogP contribution >= 0.6 is 0 Å². The Morgan fingerprint density at radius 3 is 2.61 bits per heavy atom. The largest absolute Gasteiger partial charge is 0.379 e. The van der Waals surface area contributed by atoms with Crippen LogP contribution in [0.4, 0.5) is 0 Å². The summed E-state index contributed by atoms with van der Waals surface area (Å²) >= 11 is 0. The van der Waals surface area contributed by atoms with Crippen molar-refractivity contribution in [2.24, 2.45) is 0 Å². The maximum Gasteiger partial charge on any atom is 0.0777 e. The van der Waals surface area contributed by atoms with E-state index in [0.29, 0.717) is 6.54 Å². The fourth-order valence-electron chi connectivity index (χ4n) is 2.63. The number of nitrogens with zero attached hydrogens (tertiary/aromatic N) is 2. The highest BCUT2D eigenvalue weighted by Gasteiger charge is 2.10. The lowest BCUT2D eigenvalue weighted by molar-refractivity contribution is 0.843. The van der Waals surface area contributed by atoms with E-state index in [-0.39, 0.29) is 0 Å². The molecule has 23 heavy (non-hydrogen) atoms. The molecule has 114 valence electrons. The van der Waals surface area contributed by atoms with Crippen molar-refractivity contribution in [3.8, 4) is 11.1 Å². The number of hydrogen-bond donors (Lipinski definition) is 1. The predicted octanol–water partition coefficient (Wildman–Crippen LogP) is 4.21. The van der Waals surface area contributed by atoms with Crippen LogP contribution < -0.4 is 5.32 Å². The van der Waals surface area contributed by atoms with E-state index >= 15 is 0 Å². The molecule has 3 rings (SSSR count). The average Bonchev–Trinajstić information content (AvgIpc) is 2.61. The first kappa shape index (κ1) is 15.0. The van der Waals surface area contributed by atoms with E-state index in [1.165, 1.54) is 16.7 Å². The molecule has 0 amide bonds. The molecule has 3 heteroatoms. The van der Waals surface area contributed by atoms with Crippen molar-refractivity contribution >= 4 is 5.70 Å². The molecule has 1 N–H and O–H groups in total. The summed E-state index contributed by atoms with van der Waals surface area (Å²) in [7, 11) is 0. The summed E-state index contributed by atoms with van der Waals surface area (Å²) in [5.41, 5.74) is 6.50. The summed E-state index contributed by atoms with van der Waals surface area (Å²) in [6, 6.07) is 16.7. The summed E-state index contributed by atoms with van der Waals surface area (Å²) in [5, 5.41) is 3.37. The fourth-order valence-corrected chi connectivity index (χ4v) is 2.63. The highest BCUT2D eigenvalue weighted by atomic mass is 14.9. The van der Waals surface area contributed by atoms with E-state index in [1.54, 1.807) is 18.6 Å². The second-order valence-electron chi connectivity index (χ2n) is 5.39. The van der Waals surface area contributed by atoms with Crippen molar-refractivity contribution in [1.29, 1.82) is 0 Å². The quantitative estimate of drug-likeness (QED) is 0.767. The van der Waals surface area contributed by atoms with Crippen LogP contribution in [0.3, 0.4) is 0 Å². The van der Waals surface area contributed by atoms with Gasteiger partial charge < -0.3 is 5.32 Å². The van der Waals surface area contributed by atoms with Gasteiger partial charge in [0.2, 0.25) is 0 Å². The average molecular weight is 301 g/mol. The zero-order valence-corrected chi connectivity index (χ0v) is 13.2. The third-order valence-electron chi connectivity index (χ3n) is 3.76. The SMILES string of the molecule is C=C(NCc1cnccn1)c1c(C)cccc1-c1ccccc1. The summed E-state index contributed by atoms with van der Waals surface area (Å²) in [6.45, 7) is 6.94. The maximum absolute atomic E-state index is 4.28. The molecule has 0 aliphatic rings. The lowest BCUT2D eigenvalue weighted by atomic mass is 9.94. The van der Waals surface area contributed by atoms with Gasteiger partial charge in [-0.25, -0.2) is 0 Å². The number of benzene rings is 2. The van der Waals surface area contributed by atoms with Gasteiger partial charge in [0, 0.05) is 23.7 Å². The van der Waals surface area contributed by atoms with Gasteiger partial charge in [0.25, 0.3) is 0 Å². The van der Waals surface area contributed by atoms with E-state index in [2.05, 4.69) is 71.3 Å². The Balaban J connectivity index is 1.88. The van der Waals surface area contributed by atoms with Crippen molar-refractivity contribution < 1.29 is 0 Å². The van der Waals surface area contributed by atoms with Crippen molar-refractivity contribution in [3.05, 3.63) is 90.5 Å². The standard InChI is InChI=1S/C20H19N3/c1-15-7-6-10-19(17-8-4-3-5-9-17)20(15)16(2)23-14-18-13-21-11-12-22-18/h3-13,23H,2,14H2,1H3. The van der Waals surface area contributed by atoms with Crippen LogP contribution in [0.15, 0.2) is 73.7 Å². The summed E-state index contributed by atoms with van der Waals surface area (Å²) in [4.78, 5) is 8.37. The van der Waals surface area contributed by atoms with Crippen LogP contribution in [-0.4, -0.2) is 9.97 Å². The first-order valence-electron chi connectivity index (χ1n) is 7.59. The van der Waals surface area contributed by atoms with Gasteiger partial charge in [-0.05, 0) is 23.6 Å². The van der Waals surface area contributed by atoms with Gasteiger partial charge in [0.05, 0.1) is 18.4 Å². The third-order valence-corrected chi connectivity index (χ3v) is 3.76. The van der Waals surface area contributed by atoms with Crippen LogP contribution in [0.25, 0.3) is 16.8 Å². The molecule has 0 unspecified atom stereocenters. The molecule has 0 bridgehead atoms. The number of hydrogen-bond acceptors (Lipinski definition) is 3. The topological polar surface area (TPSA) is 37.8 Å². The Bertz CT molecular complexity index is 796. The molecule has 3 aromatic rings. The first-order chi connectivity index (χ1) is 11.3. The second kappa shape index (κ2) is 6.88. The first-order valence-corrected chi connectivity index (χ1v) is 7.59. The summed E-state index contributed by atoms with van der Waals surface area (Å²) < 4.78 is 0. The monoisotopic (exact) mass is 301 g/mol. The number of nitrogens with one attached hydrogen (secondary N) is 1. The van der Waals surface area contributed by atoms with Gasteiger partial charge in [0.1, 0.15) is 0 Å². The van der Waals surface area contributed by atoms with Crippen LogP contribution in [0.1, 0.15) is 16.8 Å². The van der Waals surface area contributed by atoms with E-state index in [1.807, 2.05) is 6.07 Å². The number of aryl methyl sites for hydroxylation is 1. The van der Waals surface area contributed by atoms with E-state index in [0.717, 1.165) is 17.0 Å². The van der Waals surface area contributed by atoms with E-state index < -0.39 is 0 Å². The van der Waals surface area contributed by atoms with Gasteiger partial charge in [-0.1, -0.05) is 55.1 Å². The van der Waals surface area contributed by atoms with Crippen molar-refractivity contribution in [1.82, 2.24) is 15.3 Å². The molecule has 0 aliphatic heterocycles. The Morgan fingerprint density at radius 1 is 1.04 bits per heavy atom. The molecule has 0 spiro atoms. The number of rotatable bonds is 5. The molecule has 0 atom stereocenters. The smallest absolute Gasteiger partial charge is 0.0777 e. The Kier molecular flexibility index (Phi) is 4.48. The van der Waals surface area contributed by atoms with Crippen LogP contribution in [0.2, 0.25) is 0 Å². The summed E-state index contributed by atoms with van der Waals surface area (Å²) in [6.07, 6.45) is 5.13. The third kappa shape index (κ3) is 3.46. The molecular formula is C20H19N3. The van der Waals surface area contributed by atoms with Gasteiger partial charge in [-0.2, -0.15) is 0 Å². The zero-order valence-electron chi connectivity index (χ0n) is 13.2. The maximum atomic E-state index is 4.28. The lowest BCUT2D eigenvalue weighted by Crippen LogP contribution is -2.13. The van der Waals surface area contributed by atoms with Crippen LogP contribution in [0.5, 0.6) is 0 Å². The van der Waals surface area contributed by atoms with Crippen molar-refractivity contribution in [2.75, 3.05) is 0 Å². The van der Waals surface area contributed by atoms with E-state index in [4.69, 9.17) is 0 Å². The van der Waals surface area contributed by atoms with Gasteiger partial charge in [0.15, 0.2) is 0 Å². The molecule has 0 radical (unpaired) electrons. The van der Waals surface area contributed by atoms with Gasteiger partial charge in [-0.15, -0.1) is 0 Å². The molecule has 0 saturated carbocycles.